The molecule has 2 nitrogen and oxygen atoms in total. The Morgan fingerprint density at radius 3 is 2.17 bits per heavy atom. The third kappa shape index (κ3) is 4.74. The lowest BCUT2D eigenvalue weighted by Gasteiger charge is -2.25. The molecule has 0 unspecified atom stereocenters. The second-order valence-electron chi connectivity index (χ2n) is 12.9. The zero-order valence-corrected chi connectivity index (χ0v) is 25.5. The number of benzene rings is 3. The van der Waals surface area contributed by atoms with E-state index in [1.54, 1.807) is 0 Å². The first kappa shape index (κ1) is 27.3. The maximum absolute atomic E-state index is 2.43. The van der Waals surface area contributed by atoms with Gasteiger partial charge in [0.25, 0.3) is 0 Å². The molecule has 208 valence electrons. The fourth-order valence-electron chi connectivity index (χ4n) is 7.33. The lowest BCUT2D eigenvalue weighted by Crippen LogP contribution is -2.26. The molecule has 0 N–H and O–H groups in total. The second-order valence-corrected chi connectivity index (χ2v) is 12.9. The molecule has 3 aromatic rings. The van der Waals surface area contributed by atoms with Gasteiger partial charge in [0.1, 0.15) is 7.05 Å². The van der Waals surface area contributed by atoms with Crippen molar-refractivity contribution in [2.45, 2.75) is 64.2 Å². The van der Waals surface area contributed by atoms with Gasteiger partial charge in [0, 0.05) is 41.6 Å². The van der Waals surface area contributed by atoms with Gasteiger partial charge in [0.2, 0.25) is 5.69 Å². The molecule has 0 bridgehead atoms. The van der Waals surface area contributed by atoms with E-state index in [2.05, 4.69) is 154 Å². The van der Waals surface area contributed by atoms with Crippen molar-refractivity contribution >= 4 is 17.1 Å². The Bertz CT molecular complexity index is 1640. The zero-order chi connectivity index (χ0) is 28.8. The first-order valence-corrected chi connectivity index (χ1v) is 15.1. The highest BCUT2D eigenvalue weighted by atomic mass is 15.2. The number of hydrogen-bond donors (Lipinski definition) is 0. The first-order valence-electron chi connectivity index (χ1n) is 15.1. The van der Waals surface area contributed by atoms with Crippen LogP contribution in [0.1, 0.15) is 63.6 Å². The molecular weight excluding hydrogens is 496 g/mol. The summed E-state index contributed by atoms with van der Waals surface area (Å²) in [5.74, 6) is 0. The average molecular weight is 540 g/mol. The Hall–Kier alpha value is -3.91. The van der Waals surface area contributed by atoms with Crippen LogP contribution in [-0.4, -0.2) is 24.4 Å². The molecule has 0 saturated carbocycles. The highest BCUT2D eigenvalue weighted by molar-refractivity contribution is 6.03. The third-order valence-electron chi connectivity index (χ3n) is 9.66. The minimum atomic E-state index is -0.0204. The molecule has 1 aliphatic carbocycles. The molecule has 2 heterocycles. The SMILES string of the molecule is CN1/C(=C/C=C2\CCCC(/C=C/C3=[N+](C)c4ccccc4C3(C)C)=C2Cc2ccccc2)C(C)(C)c2ccccc21. The highest BCUT2D eigenvalue weighted by Gasteiger charge is 2.42. The van der Waals surface area contributed by atoms with Crippen molar-refractivity contribution in [1.82, 2.24) is 0 Å². The van der Waals surface area contributed by atoms with E-state index >= 15 is 0 Å². The van der Waals surface area contributed by atoms with E-state index in [4.69, 9.17) is 0 Å². The van der Waals surface area contributed by atoms with E-state index in [1.165, 1.54) is 62.6 Å². The third-order valence-corrected chi connectivity index (χ3v) is 9.66. The summed E-state index contributed by atoms with van der Waals surface area (Å²) in [5.41, 5.74) is 13.9. The van der Waals surface area contributed by atoms with Crippen LogP contribution >= 0.6 is 0 Å². The Morgan fingerprint density at radius 2 is 1.44 bits per heavy atom. The van der Waals surface area contributed by atoms with E-state index in [0.717, 1.165) is 19.3 Å². The second kappa shape index (κ2) is 10.5. The van der Waals surface area contributed by atoms with Crippen molar-refractivity contribution in [3.05, 3.63) is 142 Å². The van der Waals surface area contributed by atoms with Crippen LogP contribution in [0.15, 0.2) is 126 Å². The number of fused-ring (bicyclic) bond motifs is 2. The van der Waals surface area contributed by atoms with Gasteiger partial charge in [-0.05, 0) is 79.5 Å². The monoisotopic (exact) mass is 539 g/mol. The molecule has 3 aromatic carbocycles. The van der Waals surface area contributed by atoms with Crippen molar-refractivity contribution in [2.75, 3.05) is 19.0 Å². The van der Waals surface area contributed by atoms with Gasteiger partial charge in [-0.2, -0.15) is 4.58 Å². The summed E-state index contributed by atoms with van der Waals surface area (Å²) in [6, 6.07) is 28.6. The van der Waals surface area contributed by atoms with Crippen molar-refractivity contribution in [3.63, 3.8) is 0 Å². The molecule has 2 heteroatoms. The van der Waals surface area contributed by atoms with Crippen LogP contribution in [0.2, 0.25) is 0 Å². The number of para-hydroxylation sites is 2. The molecular formula is C39H43N2+. The van der Waals surface area contributed by atoms with Gasteiger partial charge in [0.05, 0.1) is 5.41 Å². The molecule has 2 aliphatic heterocycles. The predicted octanol–water partition coefficient (Wildman–Crippen LogP) is 9.21. The van der Waals surface area contributed by atoms with Gasteiger partial charge in [-0.25, -0.2) is 0 Å². The van der Waals surface area contributed by atoms with Crippen molar-refractivity contribution in [3.8, 4) is 0 Å². The number of likely N-dealkylation sites (N-methyl/N-ethyl adjacent to an activating group) is 1. The van der Waals surface area contributed by atoms with E-state index in [9.17, 15) is 0 Å². The van der Waals surface area contributed by atoms with Gasteiger partial charge < -0.3 is 4.90 Å². The summed E-state index contributed by atoms with van der Waals surface area (Å²) in [4.78, 5) is 2.38. The van der Waals surface area contributed by atoms with E-state index in [1.807, 2.05) is 0 Å². The standard InChI is InChI=1S/C39H43N2/c1-38(2)32-19-10-12-21-34(32)40(5)36(38)25-23-29-17-14-18-30(31(29)27-28-15-8-7-9-16-28)24-26-37-39(3,4)33-20-11-13-22-35(33)41(37)6/h7-13,15-16,19-26H,14,17-18,27H2,1-6H3/q+1. The summed E-state index contributed by atoms with van der Waals surface area (Å²) in [7, 11) is 4.42. The minimum Gasteiger partial charge on any atom is -0.347 e. The Morgan fingerprint density at radius 1 is 0.756 bits per heavy atom. The van der Waals surface area contributed by atoms with Crippen LogP contribution in [0.3, 0.4) is 0 Å². The van der Waals surface area contributed by atoms with Gasteiger partial charge in [-0.15, -0.1) is 0 Å². The number of allylic oxidation sites excluding steroid dienone is 8. The van der Waals surface area contributed by atoms with E-state index < -0.39 is 0 Å². The van der Waals surface area contributed by atoms with Gasteiger partial charge in [0.15, 0.2) is 5.71 Å². The van der Waals surface area contributed by atoms with Crippen LogP contribution in [0.4, 0.5) is 11.4 Å². The molecule has 41 heavy (non-hydrogen) atoms. The largest absolute Gasteiger partial charge is 0.347 e. The molecule has 0 radical (unpaired) electrons. The number of rotatable bonds is 5. The fraction of sp³-hybridized carbons (Fsp3) is 0.308. The molecule has 0 atom stereocenters. The summed E-state index contributed by atoms with van der Waals surface area (Å²) in [5, 5.41) is 0. The van der Waals surface area contributed by atoms with Crippen LogP contribution in [0.5, 0.6) is 0 Å². The zero-order valence-electron chi connectivity index (χ0n) is 25.5. The van der Waals surface area contributed by atoms with Crippen LogP contribution < -0.4 is 4.90 Å². The van der Waals surface area contributed by atoms with Gasteiger partial charge in [-0.3, -0.25) is 0 Å². The molecule has 0 aromatic heterocycles. The molecule has 0 amide bonds. The predicted molar refractivity (Wildman–Crippen MR) is 175 cm³/mol. The fourth-order valence-corrected chi connectivity index (χ4v) is 7.33. The molecule has 6 rings (SSSR count). The Labute approximate surface area is 246 Å². The van der Waals surface area contributed by atoms with Crippen molar-refractivity contribution in [2.24, 2.45) is 0 Å². The molecule has 0 fully saturated rings. The molecule has 3 aliphatic rings. The topological polar surface area (TPSA) is 6.25 Å². The summed E-state index contributed by atoms with van der Waals surface area (Å²) < 4.78 is 2.38. The van der Waals surface area contributed by atoms with Gasteiger partial charge >= 0.3 is 0 Å². The van der Waals surface area contributed by atoms with Crippen LogP contribution in [0.25, 0.3) is 0 Å². The normalized spacial score (nSPS) is 21.4. The Balaban J connectivity index is 1.41. The van der Waals surface area contributed by atoms with Crippen LogP contribution in [0, 0.1) is 0 Å². The van der Waals surface area contributed by atoms with Gasteiger partial charge in [-0.1, -0.05) is 92.7 Å². The van der Waals surface area contributed by atoms with Crippen molar-refractivity contribution < 1.29 is 4.58 Å². The first-order chi connectivity index (χ1) is 19.7. The number of anilines is 1. The smallest absolute Gasteiger partial charge is 0.209 e. The summed E-state index contributed by atoms with van der Waals surface area (Å²) in [6.07, 6.45) is 14.0. The van der Waals surface area contributed by atoms with Crippen molar-refractivity contribution in [1.29, 1.82) is 0 Å². The number of hydrogen-bond acceptors (Lipinski definition) is 1. The number of nitrogens with zero attached hydrogens (tertiary/aromatic N) is 2. The maximum atomic E-state index is 2.43. The molecule has 0 saturated heterocycles. The lowest BCUT2D eigenvalue weighted by molar-refractivity contribution is -0.401. The maximum Gasteiger partial charge on any atom is 0.209 e. The average Bonchev–Trinajstić information content (AvgIpc) is 3.29. The Kier molecular flexibility index (Phi) is 6.98. The minimum absolute atomic E-state index is 0.0204. The lowest BCUT2D eigenvalue weighted by atomic mass is 9.80. The van der Waals surface area contributed by atoms with Crippen LogP contribution in [-0.2, 0) is 17.3 Å². The quantitative estimate of drug-likeness (QED) is 0.293. The highest BCUT2D eigenvalue weighted by Crippen LogP contribution is 2.47. The van der Waals surface area contributed by atoms with E-state index in [0.29, 0.717) is 0 Å². The van der Waals surface area contributed by atoms with E-state index in [-0.39, 0.29) is 10.8 Å². The summed E-state index contributed by atoms with van der Waals surface area (Å²) in [6.45, 7) is 9.41. The molecule has 0 spiro atoms. The summed E-state index contributed by atoms with van der Waals surface area (Å²) >= 11 is 0.